The van der Waals surface area contributed by atoms with Crippen LogP contribution in [-0.4, -0.2) is 28.3 Å². The quantitative estimate of drug-likeness (QED) is 0.784. The number of para-hydroxylation sites is 1. The van der Waals surface area contributed by atoms with E-state index in [9.17, 15) is 9.18 Å². The summed E-state index contributed by atoms with van der Waals surface area (Å²) in [6.45, 7) is 0.561. The SMILES string of the molecule is O=C(c1cccc(F)c1)N1CCCSC1=Nc1ccccc1Cl. The molecule has 0 spiro atoms. The van der Waals surface area contributed by atoms with E-state index in [1.54, 1.807) is 23.1 Å². The van der Waals surface area contributed by atoms with Crippen molar-refractivity contribution in [3.63, 3.8) is 0 Å². The average Bonchev–Trinajstić information content (AvgIpc) is 2.57. The zero-order valence-corrected chi connectivity index (χ0v) is 13.8. The molecule has 0 bridgehead atoms. The van der Waals surface area contributed by atoms with Crippen molar-refractivity contribution >= 4 is 40.1 Å². The minimum atomic E-state index is -0.426. The van der Waals surface area contributed by atoms with Gasteiger partial charge in [-0.15, -0.1) is 0 Å². The summed E-state index contributed by atoms with van der Waals surface area (Å²) in [7, 11) is 0. The maximum Gasteiger partial charge on any atom is 0.259 e. The Kier molecular flexibility index (Phi) is 4.98. The lowest BCUT2D eigenvalue weighted by molar-refractivity contribution is 0.0848. The molecule has 0 aliphatic carbocycles. The Bertz CT molecular complexity index is 766. The van der Waals surface area contributed by atoms with E-state index in [1.807, 2.05) is 12.1 Å². The summed E-state index contributed by atoms with van der Waals surface area (Å²) in [4.78, 5) is 18.8. The van der Waals surface area contributed by atoms with Crippen molar-refractivity contribution in [2.45, 2.75) is 6.42 Å². The van der Waals surface area contributed by atoms with E-state index in [2.05, 4.69) is 4.99 Å². The molecule has 1 heterocycles. The summed E-state index contributed by atoms with van der Waals surface area (Å²) < 4.78 is 13.4. The lowest BCUT2D eigenvalue weighted by Crippen LogP contribution is -2.39. The third kappa shape index (κ3) is 3.74. The molecule has 23 heavy (non-hydrogen) atoms. The van der Waals surface area contributed by atoms with Crippen molar-refractivity contribution in [2.75, 3.05) is 12.3 Å². The summed E-state index contributed by atoms with van der Waals surface area (Å²) in [5.74, 6) is 0.212. The van der Waals surface area contributed by atoms with Crippen molar-refractivity contribution in [1.82, 2.24) is 4.90 Å². The first-order valence-electron chi connectivity index (χ1n) is 7.18. The van der Waals surface area contributed by atoms with Gasteiger partial charge in [0.15, 0.2) is 5.17 Å². The highest BCUT2D eigenvalue weighted by atomic mass is 35.5. The van der Waals surface area contributed by atoms with Gasteiger partial charge in [-0.2, -0.15) is 0 Å². The smallest absolute Gasteiger partial charge is 0.259 e. The Morgan fingerprint density at radius 2 is 2.04 bits per heavy atom. The molecule has 0 saturated carbocycles. The molecule has 6 heteroatoms. The number of carbonyl (C=O) groups is 1. The molecule has 3 nitrogen and oxygen atoms in total. The molecule has 0 aromatic heterocycles. The van der Waals surface area contributed by atoms with Gasteiger partial charge in [-0.3, -0.25) is 9.69 Å². The topological polar surface area (TPSA) is 32.7 Å². The molecule has 2 aromatic rings. The number of benzene rings is 2. The molecule has 1 aliphatic rings. The number of nitrogens with zero attached hydrogens (tertiary/aromatic N) is 2. The molecule has 1 aliphatic heterocycles. The van der Waals surface area contributed by atoms with Gasteiger partial charge in [-0.1, -0.05) is 41.6 Å². The molecule has 1 fully saturated rings. The van der Waals surface area contributed by atoms with Crippen LogP contribution >= 0.6 is 23.4 Å². The predicted molar refractivity (Wildman–Crippen MR) is 93.1 cm³/mol. The highest BCUT2D eigenvalue weighted by molar-refractivity contribution is 8.13. The van der Waals surface area contributed by atoms with Gasteiger partial charge < -0.3 is 0 Å². The first-order chi connectivity index (χ1) is 11.1. The van der Waals surface area contributed by atoms with Gasteiger partial charge in [0, 0.05) is 17.9 Å². The van der Waals surface area contributed by atoms with E-state index in [-0.39, 0.29) is 5.91 Å². The molecule has 0 radical (unpaired) electrons. The van der Waals surface area contributed by atoms with Gasteiger partial charge >= 0.3 is 0 Å². The minimum Gasteiger partial charge on any atom is -0.287 e. The van der Waals surface area contributed by atoms with E-state index >= 15 is 0 Å². The third-order valence-electron chi connectivity index (χ3n) is 3.37. The predicted octanol–water partition coefficient (Wildman–Crippen LogP) is 4.75. The second kappa shape index (κ2) is 7.15. The molecule has 2 aromatic carbocycles. The molecule has 0 atom stereocenters. The number of thioether (sulfide) groups is 1. The van der Waals surface area contributed by atoms with Gasteiger partial charge in [-0.25, -0.2) is 9.38 Å². The van der Waals surface area contributed by atoms with Crippen LogP contribution in [0.4, 0.5) is 10.1 Å². The number of amides is 1. The fourth-order valence-electron chi connectivity index (χ4n) is 2.26. The van der Waals surface area contributed by atoms with E-state index in [0.717, 1.165) is 12.2 Å². The number of halogens is 2. The Morgan fingerprint density at radius 1 is 1.22 bits per heavy atom. The standard InChI is InChI=1S/C17H14ClFN2OS/c18-14-7-1-2-8-15(14)20-17-21(9-4-10-23-17)16(22)12-5-3-6-13(19)11-12/h1-3,5-8,11H,4,9-10H2. The lowest BCUT2D eigenvalue weighted by atomic mass is 10.2. The molecule has 0 N–H and O–H groups in total. The molecule has 118 valence electrons. The number of rotatable bonds is 2. The van der Waals surface area contributed by atoms with Crippen LogP contribution in [0.3, 0.4) is 0 Å². The van der Waals surface area contributed by atoms with E-state index in [1.165, 1.54) is 30.0 Å². The van der Waals surface area contributed by atoms with E-state index < -0.39 is 5.82 Å². The maximum atomic E-state index is 13.4. The average molecular weight is 349 g/mol. The molecule has 0 unspecified atom stereocenters. The highest BCUT2D eigenvalue weighted by Gasteiger charge is 2.25. The molecular weight excluding hydrogens is 335 g/mol. The van der Waals surface area contributed by atoms with Gasteiger partial charge in [0.2, 0.25) is 0 Å². The summed E-state index contributed by atoms with van der Waals surface area (Å²) in [6.07, 6.45) is 0.868. The molecule has 3 rings (SSSR count). The number of hydrogen-bond donors (Lipinski definition) is 0. The molecule has 1 amide bonds. The number of aliphatic imine (C=N–C) groups is 1. The van der Waals surface area contributed by atoms with Gasteiger partial charge in [-0.05, 0) is 36.8 Å². The monoisotopic (exact) mass is 348 g/mol. The van der Waals surface area contributed by atoms with Crippen molar-refractivity contribution in [3.8, 4) is 0 Å². The van der Waals surface area contributed by atoms with Gasteiger partial charge in [0.1, 0.15) is 5.82 Å². The largest absolute Gasteiger partial charge is 0.287 e. The number of amidine groups is 1. The lowest BCUT2D eigenvalue weighted by Gasteiger charge is -2.28. The number of hydrogen-bond acceptors (Lipinski definition) is 3. The van der Waals surface area contributed by atoms with Crippen molar-refractivity contribution in [1.29, 1.82) is 0 Å². The zero-order chi connectivity index (χ0) is 16.2. The Hall–Kier alpha value is -1.85. The van der Waals surface area contributed by atoms with Gasteiger partial charge in [0.05, 0.1) is 10.7 Å². The van der Waals surface area contributed by atoms with Crippen LogP contribution in [0.5, 0.6) is 0 Å². The molecule has 1 saturated heterocycles. The normalized spacial score (nSPS) is 16.6. The van der Waals surface area contributed by atoms with Crippen LogP contribution in [0.1, 0.15) is 16.8 Å². The van der Waals surface area contributed by atoms with Crippen LogP contribution in [0.25, 0.3) is 0 Å². The summed E-state index contributed by atoms with van der Waals surface area (Å²) >= 11 is 7.64. The zero-order valence-electron chi connectivity index (χ0n) is 12.2. The summed E-state index contributed by atoms with van der Waals surface area (Å²) in [6, 6.07) is 12.9. The summed E-state index contributed by atoms with van der Waals surface area (Å²) in [5.41, 5.74) is 0.940. The fraction of sp³-hybridized carbons (Fsp3) is 0.176. The Morgan fingerprint density at radius 3 is 2.83 bits per heavy atom. The Balaban J connectivity index is 1.93. The van der Waals surface area contributed by atoms with E-state index in [0.29, 0.717) is 28.0 Å². The van der Waals surface area contributed by atoms with Crippen LogP contribution < -0.4 is 0 Å². The summed E-state index contributed by atoms with van der Waals surface area (Å²) in [5, 5.41) is 1.13. The minimum absolute atomic E-state index is 0.248. The van der Waals surface area contributed by atoms with Gasteiger partial charge in [0.25, 0.3) is 5.91 Å². The maximum absolute atomic E-state index is 13.4. The van der Waals surface area contributed by atoms with Crippen LogP contribution in [-0.2, 0) is 0 Å². The van der Waals surface area contributed by atoms with Crippen LogP contribution in [0.15, 0.2) is 53.5 Å². The van der Waals surface area contributed by atoms with Crippen molar-refractivity contribution in [3.05, 3.63) is 64.9 Å². The molecular formula is C17H14ClFN2OS. The van der Waals surface area contributed by atoms with Crippen LogP contribution in [0.2, 0.25) is 5.02 Å². The second-order valence-corrected chi connectivity index (χ2v) is 6.48. The fourth-order valence-corrected chi connectivity index (χ4v) is 3.39. The Labute approximate surface area is 143 Å². The third-order valence-corrected chi connectivity index (χ3v) is 4.76. The first-order valence-corrected chi connectivity index (χ1v) is 8.55. The van der Waals surface area contributed by atoms with Crippen molar-refractivity contribution in [2.24, 2.45) is 4.99 Å². The van der Waals surface area contributed by atoms with E-state index in [4.69, 9.17) is 11.6 Å². The first kappa shape index (κ1) is 16.0. The highest BCUT2D eigenvalue weighted by Crippen LogP contribution is 2.28. The van der Waals surface area contributed by atoms with Crippen molar-refractivity contribution < 1.29 is 9.18 Å². The second-order valence-electron chi connectivity index (χ2n) is 5.01. The van der Waals surface area contributed by atoms with Crippen LogP contribution in [0, 0.1) is 5.82 Å². The number of carbonyl (C=O) groups excluding carboxylic acids is 1.